The van der Waals surface area contributed by atoms with Crippen LogP contribution in [-0.4, -0.2) is 10.9 Å². The Labute approximate surface area is 131 Å². The van der Waals surface area contributed by atoms with Gasteiger partial charge in [0.2, 0.25) is 5.91 Å². The maximum absolute atomic E-state index is 12.0. The van der Waals surface area contributed by atoms with Gasteiger partial charge in [0.25, 0.3) is 0 Å². The molecule has 0 fully saturated rings. The van der Waals surface area contributed by atoms with E-state index in [0.29, 0.717) is 10.8 Å². The van der Waals surface area contributed by atoms with Crippen LogP contribution in [0.5, 0.6) is 0 Å². The first-order valence-corrected chi connectivity index (χ1v) is 8.64. The summed E-state index contributed by atoms with van der Waals surface area (Å²) in [4.78, 5) is 18.8. The van der Waals surface area contributed by atoms with Gasteiger partial charge < -0.3 is 5.32 Å². The van der Waals surface area contributed by atoms with E-state index in [2.05, 4.69) is 17.2 Å². The number of thiazole rings is 1. The SMILES string of the molecule is CC1CCc2nc(NC(=O)Cc3ccc(Cl)s3)sc2C1. The highest BCUT2D eigenvalue weighted by atomic mass is 35.5. The van der Waals surface area contributed by atoms with Crippen molar-refractivity contribution < 1.29 is 4.79 Å². The maximum atomic E-state index is 12.0. The molecule has 6 heteroatoms. The Morgan fingerprint density at radius 2 is 2.35 bits per heavy atom. The molecule has 3 rings (SSSR count). The van der Waals surface area contributed by atoms with Crippen molar-refractivity contribution in [1.29, 1.82) is 0 Å². The zero-order valence-electron chi connectivity index (χ0n) is 11.1. The number of hydrogen-bond acceptors (Lipinski definition) is 4. The zero-order valence-corrected chi connectivity index (χ0v) is 13.5. The third kappa shape index (κ3) is 3.22. The number of carbonyl (C=O) groups excluding carboxylic acids is 1. The third-order valence-electron chi connectivity index (χ3n) is 3.40. The molecule has 0 aliphatic heterocycles. The van der Waals surface area contributed by atoms with E-state index in [0.717, 1.165) is 28.8 Å². The van der Waals surface area contributed by atoms with Crippen molar-refractivity contribution in [2.45, 2.75) is 32.6 Å². The quantitative estimate of drug-likeness (QED) is 0.920. The van der Waals surface area contributed by atoms with Gasteiger partial charge in [-0.25, -0.2) is 4.98 Å². The average molecular weight is 327 g/mol. The van der Waals surface area contributed by atoms with Crippen LogP contribution in [0.2, 0.25) is 4.34 Å². The van der Waals surface area contributed by atoms with Gasteiger partial charge in [-0.05, 0) is 37.3 Å². The Hall–Kier alpha value is -0.910. The normalized spacial score (nSPS) is 17.8. The standard InChI is InChI=1S/C14H15ClN2OS2/c1-8-2-4-10-11(6-8)20-14(16-10)17-13(18)7-9-3-5-12(15)19-9/h3,5,8H,2,4,6-7H2,1H3,(H,16,17,18). The lowest BCUT2D eigenvalue weighted by Crippen LogP contribution is -2.13. The molecule has 2 aromatic rings. The maximum Gasteiger partial charge on any atom is 0.231 e. The van der Waals surface area contributed by atoms with Crippen LogP contribution in [0.25, 0.3) is 0 Å². The monoisotopic (exact) mass is 326 g/mol. The van der Waals surface area contributed by atoms with Crippen molar-refractivity contribution in [2.75, 3.05) is 5.32 Å². The van der Waals surface area contributed by atoms with Gasteiger partial charge in [0, 0.05) is 9.75 Å². The van der Waals surface area contributed by atoms with Gasteiger partial charge in [-0.15, -0.1) is 22.7 Å². The Balaban J connectivity index is 1.64. The first kappa shape index (κ1) is 14.0. The zero-order chi connectivity index (χ0) is 14.1. The summed E-state index contributed by atoms with van der Waals surface area (Å²) in [5, 5.41) is 3.64. The number of halogens is 1. The molecular formula is C14H15ClN2OS2. The highest BCUT2D eigenvalue weighted by Gasteiger charge is 2.20. The molecule has 1 aliphatic rings. The van der Waals surface area contributed by atoms with Crippen molar-refractivity contribution in [3.8, 4) is 0 Å². The number of hydrogen-bond donors (Lipinski definition) is 1. The molecule has 0 radical (unpaired) electrons. The summed E-state index contributed by atoms with van der Waals surface area (Å²) in [7, 11) is 0. The van der Waals surface area contributed by atoms with E-state index >= 15 is 0 Å². The molecule has 0 saturated carbocycles. The highest BCUT2D eigenvalue weighted by molar-refractivity contribution is 7.16. The Morgan fingerprint density at radius 1 is 1.50 bits per heavy atom. The molecule has 0 bridgehead atoms. The second kappa shape index (κ2) is 5.84. The number of aromatic nitrogens is 1. The molecule has 1 unspecified atom stereocenters. The van der Waals surface area contributed by atoms with Gasteiger partial charge in [-0.3, -0.25) is 4.79 Å². The Kier molecular flexibility index (Phi) is 4.10. The first-order valence-electron chi connectivity index (χ1n) is 6.63. The third-order valence-corrected chi connectivity index (χ3v) is 5.66. The number of anilines is 1. The number of aryl methyl sites for hydroxylation is 1. The van der Waals surface area contributed by atoms with Gasteiger partial charge in [0.05, 0.1) is 16.5 Å². The molecule has 2 aromatic heterocycles. The average Bonchev–Trinajstić information content (AvgIpc) is 2.94. The summed E-state index contributed by atoms with van der Waals surface area (Å²) in [5.74, 6) is 0.697. The fourth-order valence-corrected chi connectivity index (χ4v) is 4.64. The minimum Gasteiger partial charge on any atom is -0.302 e. The molecule has 1 atom stereocenters. The molecule has 106 valence electrons. The molecular weight excluding hydrogens is 312 g/mol. The minimum atomic E-state index is -0.0253. The number of carbonyl (C=O) groups is 1. The van der Waals surface area contributed by atoms with Gasteiger partial charge in [0.15, 0.2) is 5.13 Å². The number of nitrogens with zero attached hydrogens (tertiary/aromatic N) is 1. The summed E-state index contributed by atoms with van der Waals surface area (Å²) < 4.78 is 0.714. The van der Waals surface area contributed by atoms with Crippen LogP contribution < -0.4 is 5.32 Å². The van der Waals surface area contributed by atoms with E-state index in [1.807, 2.05) is 12.1 Å². The van der Waals surface area contributed by atoms with Crippen LogP contribution in [0.15, 0.2) is 12.1 Å². The number of fused-ring (bicyclic) bond motifs is 1. The van der Waals surface area contributed by atoms with Crippen molar-refractivity contribution >= 4 is 45.3 Å². The highest BCUT2D eigenvalue weighted by Crippen LogP contribution is 2.32. The van der Waals surface area contributed by atoms with Gasteiger partial charge >= 0.3 is 0 Å². The molecule has 0 spiro atoms. The molecule has 0 aromatic carbocycles. The van der Waals surface area contributed by atoms with Crippen LogP contribution in [-0.2, 0) is 24.1 Å². The van der Waals surface area contributed by atoms with Crippen molar-refractivity contribution in [3.63, 3.8) is 0 Å². The van der Waals surface area contributed by atoms with E-state index < -0.39 is 0 Å². The van der Waals surface area contributed by atoms with E-state index in [1.54, 1.807) is 11.3 Å². The Bertz CT molecular complexity index is 635. The number of thiophene rings is 1. The second-order valence-corrected chi connectivity index (χ2v) is 8.05. The first-order chi connectivity index (χ1) is 9.60. The van der Waals surface area contributed by atoms with Gasteiger partial charge in [-0.1, -0.05) is 18.5 Å². The predicted octanol–water partition coefficient (Wildman–Crippen LogP) is 4.16. The van der Waals surface area contributed by atoms with Crippen LogP contribution in [0.4, 0.5) is 5.13 Å². The molecule has 1 N–H and O–H groups in total. The fraction of sp³-hybridized carbons (Fsp3) is 0.429. The molecule has 20 heavy (non-hydrogen) atoms. The topological polar surface area (TPSA) is 42.0 Å². The number of nitrogens with one attached hydrogen (secondary N) is 1. The summed E-state index contributed by atoms with van der Waals surface area (Å²) in [6, 6.07) is 3.71. The fourth-order valence-electron chi connectivity index (χ4n) is 2.36. The molecule has 2 heterocycles. The lowest BCUT2D eigenvalue weighted by atomic mass is 9.93. The Morgan fingerprint density at radius 3 is 3.10 bits per heavy atom. The summed E-state index contributed by atoms with van der Waals surface area (Å²) in [5.41, 5.74) is 1.17. The summed E-state index contributed by atoms with van der Waals surface area (Å²) in [6.07, 6.45) is 3.67. The summed E-state index contributed by atoms with van der Waals surface area (Å²) in [6.45, 7) is 2.27. The van der Waals surface area contributed by atoms with Crippen LogP contribution in [0.3, 0.4) is 0 Å². The van der Waals surface area contributed by atoms with E-state index in [1.165, 1.54) is 28.3 Å². The van der Waals surface area contributed by atoms with Gasteiger partial charge in [0.1, 0.15) is 0 Å². The van der Waals surface area contributed by atoms with Crippen molar-refractivity contribution in [3.05, 3.63) is 31.9 Å². The van der Waals surface area contributed by atoms with Gasteiger partial charge in [-0.2, -0.15) is 0 Å². The second-order valence-electron chi connectivity index (χ2n) is 5.17. The van der Waals surface area contributed by atoms with Crippen molar-refractivity contribution in [2.24, 2.45) is 5.92 Å². The molecule has 1 aliphatic carbocycles. The lowest BCUT2D eigenvalue weighted by molar-refractivity contribution is -0.115. The minimum absolute atomic E-state index is 0.0253. The van der Waals surface area contributed by atoms with Crippen LogP contribution in [0, 0.1) is 5.92 Å². The molecule has 0 saturated heterocycles. The molecule has 1 amide bonds. The largest absolute Gasteiger partial charge is 0.302 e. The lowest BCUT2D eigenvalue weighted by Gasteiger charge is -2.15. The summed E-state index contributed by atoms with van der Waals surface area (Å²) >= 11 is 8.92. The predicted molar refractivity (Wildman–Crippen MR) is 85.0 cm³/mol. The van der Waals surface area contributed by atoms with Crippen LogP contribution >= 0.6 is 34.3 Å². The van der Waals surface area contributed by atoms with Crippen LogP contribution in [0.1, 0.15) is 28.8 Å². The number of amides is 1. The van der Waals surface area contributed by atoms with E-state index in [-0.39, 0.29) is 5.91 Å². The molecule has 3 nitrogen and oxygen atoms in total. The van der Waals surface area contributed by atoms with E-state index in [9.17, 15) is 4.79 Å². The number of rotatable bonds is 3. The van der Waals surface area contributed by atoms with Crippen molar-refractivity contribution in [1.82, 2.24) is 4.98 Å². The smallest absolute Gasteiger partial charge is 0.231 e. The van der Waals surface area contributed by atoms with E-state index in [4.69, 9.17) is 11.6 Å².